The van der Waals surface area contributed by atoms with Crippen molar-refractivity contribution in [2.75, 3.05) is 14.2 Å². The van der Waals surface area contributed by atoms with E-state index < -0.39 is 5.54 Å². The number of hydrogen-bond acceptors (Lipinski definition) is 5. The third-order valence-corrected chi connectivity index (χ3v) is 5.27. The fraction of sp³-hybridized carbons (Fsp3) is 0.286. The normalized spacial score (nSPS) is 21.7. The first-order valence-corrected chi connectivity index (χ1v) is 8.79. The predicted molar refractivity (Wildman–Crippen MR) is 102 cm³/mol. The Morgan fingerprint density at radius 1 is 1.22 bits per heavy atom. The molecule has 0 radical (unpaired) electrons. The van der Waals surface area contributed by atoms with Gasteiger partial charge in [-0.1, -0.05) is 12.1 Å². The molecular formula is C21H22N2O4. The highest BCUT2D eigenvalue weighted by atomic mass is 16.5. The van der Waals surface area contributed by atoms with Crippen LogP contribution in [-0.2, 0) is 16.0 Å². The van der Waals surface area contributed by atoms with Crippen molar-refractivity contribution in [3.05, 3.63) is 59.3 Å². The number of benzene rings is 2. The summed E-state index contributed by atoms with van der Waals surface area (Å²) in [4.78, 5) is 16.0. The largest absolute Gasteiger partial charge is 0.508 e. The number of esters is 1. The number of aromatic amines is 1. The van der Waals surface area contributed by atoms with Crippen LogP contribution in [0.1, 0.15) is 29.8 Å². The van der Waals surface area contributed by atoms with Crippen LogP contribution in [0.25, 0.3) is 10.9 Å². The topological polar surface area (TPSA) is 83.6 Å². The zero-order valence-corrected chi connectivity index (χ0v) is 15.5. The number of ether oxygens (including phenoxy) is 2. The molecule has 0 spiro atoms. The standard InChI is InChI=1S/C21H22N2O4/c1-21(20(25)27-3)11-16-15-10-14(26-2)7-8-17(15)22-19(16)18(23-21)12-5-4-6-13(24)9-12/h4-10,18,22-24H,11H2,1-3H3/t18-,21-/m0/s1. The molecule has 4 rings (SSSR count). The van der Waals surface area contributed by atoms with Gasteiger partial charge in [0.2, 0.25) is 0 Å². The highest BCUT2D eigenvalue weighted by Gasteiger charge is 2.43. The van der Waals surface area contributed by atoms with E-state index in [2.05, 4.69) is 10.3 Å². The number of methoxy groups -OCH3 is 2. The quantitative estimate of drug-likeness (QED) is 0.621. The maximum absolute atomic E-state index is 12.6. The average molecular weight is 366 g/mol. The third-order valence-electron chi connectivity index (χ3n) is 5.27. The predicted octanol–water partition coefficient (Wildman–Crippen LogP) is 3.05. The number of phenols is 1. The van der Waals surface area contributed by atoms with Gasteiger partial charge in [0.25, 0.3) is 0 Å². The Morgan fingerprint density at radius 2 is 2.04 bits per heavy atom. The monoisotopic (exact) mass is 366 g/mol. The number of phenolic OH excluding ortho intramolecular Hbond substituents is 1. The first-order chi connectivity index (χ1) is 12.9. The van der Waals surface area contributed by atoms with Crippen molar-refractivity contribution in [1.82, 2.24) is 10.3 Å². The van der Waals surface area contributed by atoms with E-state index in [0.29, 0.717) is 6.42 Å². The lowest BCUT2D eigenvalue weighted by Crippen LogP contribution is -2.56. The van der Waals surface area contributed by atoms with Gasteiger partial charge in [-0.3, -0.25) is 10.1 Å². The number of fused-ring (bicyclic) bond motifs is 3. The number of carbonyl (C=O) groups is 1. The van der Waals surface area contributed by atoms with E-state index in [1.165, 1.54) is 7.11 Å². The van der Waals surface area contributed by atoms with Crippen LogP contribution in [0, 0.1) is 0 Å². The minimum Gasteiger partial charge on any atom is -0.508 e. The smallest absolute Gasteiger partial charge is 0.326 e. The van der Waals surface area contributed by atoms with Crippen LogP contribution in [0.4, 0.5) is 0 Å². The van der Waals surface area contributed by atoms with E-state index in [1.54, 1.807) is 25.3 Å². The van der Waals surface area contributed by atoms with Gasteiger partial charge in [-0.05, 0) is 48.4 Å². The van der Waals surface area contributed by atoms with Crippen LogP contribution in [0.3, 0.4) is 0 Å². The van der Waals surface area contributed by atoms with Gasteiger partial charge >= 0.3 is 5.97 Å². The highest BCUT2D eigenvalue weighted by Crippen LogP contribution is 2.40. The molecule has 1 aromatic heterocycles. The second kappa shape index (κ2) is 6.32. The molecule has 6 nitrogen and oxygen atoms in total. The molecule has 140 valence electrons. The molecule has 6 heteroatoms. The molecule has 0 amide bonds. The summed E-state index contributed by atoms with van der Waals surface area (Å²) >= 11 is 0. The first kappa shape index (κ1) is 17.4. The molecule has 1 aliphatic rings. The lowest BCUT2D eigenvalue weighted by atomic mass is 9.82. The number of H-pyrrole nitrogens is 1. The maximum Gasteiger partial charge on any atom is 0.326 e. The SMILES string of the molecule is COC(=O)[C@]1(C)Cc2c([nH]c3ccc(OC)cc23)[C@H](c2cccc(O)c2)N1. The van der Waals surface area contributed by atoms with E-state index in [1.807, 2.05) is 31.2 Å². The number of rotatable bonds is 3. The fourth-order valence-electron chi connectivity index (χ4n) is 3.92. The Bertz CT molecular complexity index is 1030. The summed E-state index contributed by atoms with van der Waals surface area (Å²) in [5, 5.41) is 14.4. The molecule has 3 aromatic rings. The average Bonchev–Trinajstić information content (AvgIpc) is 3.04. The van der Waals surface area contributed by atoms with Gasteiger partial charge in [0.15, 0.2) is 0 Å². The molecule has 0 saturated carbocycles. The molecule has 1 aliphatic heterocycles. The fourth-order valence-corrected chi connectivity index (χ4v) is 3.92. The summed E-state index contributed by atoms with van der Waals surface area (Å²) in [5.74, 6) is 0.617. The number of nitrogens with one attached hydrogen (secondary N) is 2. The molecule has 2 heterocycles. The van der Waals surface area contributed by atoms with Crippen molar-refractivity contribution < 1.29 is 19.4 Å². The second-order valence-electron chi connectivity index (χ2n) is 7.10. The van der Waals surface area contributed by atoms with Crippen LogP contribution in [0.2, 0.25) is 0 Å². The number of aromatic nitrogens is 1. The van der Waals surface area contributed by atoms with Crippen LogP contribution in [-0.4, -0.2) is 35.8 Å². The summed E-state index contributed by atoms with van der Waals surface area (Å²) in [6, 6.07) is 12.6. The van der Waals surface area contributed by atoms with Crippen LogP contribution < -0.4 is 10.1 Å². The van der Waals surface area contributed by atoms with Gasteiger partial charge in [-0.15, -0.1) is 0 Å². The van der Waals surface area contributed by atoms with Gasteiger partial charge in [0.1, 0.15) is 17.0 Å². The Morgan fingerprint density at radius 3 is 2.74 bits per heavy atom. The van der Waals surface area contributed by atoms with Gasteiger partial charge in [-0.2, -0.15) is 0 Å². The number of aromatic hydroxyl groups is 1. The van der Waals surface area contributed by atoms with Crippen molar-refractivity contribution >= 4 is 16.9 Å². The van der Waals surface area contributed by atoms with Crippen molar-refractivity contribution in [1.29, 1.82) is 0 Å². The molecule has 2 aromatic carbocycles. The van der Waals surface area contributed by atoms with E-state index in [9.17, 15) is 9.90 Å². The van der Waals surface area contributed by atoms with E-state index in [-0.39, 0.29) is 17.8 Å². The van der Waals surface area contributed by atoms with Crippen LogP contribution >= 0.6 is 0 Å². The minimum atomic E-state index is -0.893. The first-order valence-electron chi connectivity index (χ1n) is 8.79. The Hall–Kier alpha value is -2.99. The summed E-state index contributed by atoms with van der Waals surface area (Å²) < 4.78 is 10.4. The number of hydrogen-bond donors (Lipinski definition) is 3. The van der Waals surface area contributed by atoms with E-state index >= 15 is 0 Å². The minimum absolute atomic E-state index is 0.180. The lowest BCUT2D eigenvalue weighted by molar-refractivity contribution is -0.148. The molecule has 2 atom stereocenters. The summed E-state index contributed by atoms with van der Waals surface area (Å²) in [7, 11) is 3.03. The Kier molecular flexibility index (Phi) is 4.08. The zero-order valence-electron chi connectivity index (χ0n) is 15.5. The molecule has 3 N–H and O–H groups in total. The molecule has 0 saturated heterocycles. The van der Waals surface area contributed by atoms with Gasteiger partial charge in [0, 0.05) is 23.0 Å². The maximum atomic E-state index is 12.6. The molecular weight excluding hydrogens is 344 g/mol. The van der Waals surface area contributed by atoms with Crippen molar-refractivity contribution in [2.45, 2.75) is 24.9 Å². The molecule has 0 bridgehead atoms. The highest BCUT2D eigenvalue weighted by molar-refractivity contribution is 5.89. The van der Waals surface area contributed by atoms with Gasteiger partial charge in [0.05, 0.1) is 20.3 Å². The summed E-state index contributed by atoms with van der Waals surface area (Å²) in [6.45, 7) is 1.84. The van der Waals surface area contributed by atoms with Gasteiger partial charge < -0.3 is 19.6 Å². The molecule has 27 heavy (non-hydrogen) atoms. The van der Waals surface area contributed by atoms with Crippen LogP contribution in [0.15, 0.2) is 42.5 Å². The molecule has 0 aliphatic carbocycles. The lowest BCUT2D eigenvalue weighted by Gasteiger charge is -2.37. The summed E-state index contributed by atoms with van der Waals surface area (Å²) in [5.41, 5.74) is 2.97. The zero-order chi connectivity index (χ0) is 19.2. The molecule has 0 fully saturated rings. The molecule has 0 unspecified atom stereocenters. The van der Waals surface area contributed by atoms with Crippen LogP contribution in [0.5, 0.6) is 11.5 Å². The van der Waals surface area contributed by atoms with Gasteiger partial charge in [-0.25, -0.2) is 0 Å². The van der Waals surface area contributed by atoms with E-state index in [0.717, 1.165) is 33.5 Å². The van der Waals surface area contributed by atoms with Crippen molar-refractivity contribution in [3.8, 4) is 11.5 Å². The second-order valence-corrected chi connectivity index (χ2v) is 7.10. The van der Waals surface area contributed by atoms with Crippen molar-refractivity contribution in [3.63, 3.8) is 0 Å². The van der Waals surface area contributed by atoms with Crippen molar-refractivity contribution in [2.24, 2.45) is 0 Å². The summed E-state index contributed by atoms with van der Waals surface area (Å²) in [6.07, 6.45) is 0.484. The third kappa shape index (κ3) is 2.82. The Balaban J connectivity index is 1.94. The van der Waals surface area contributed by atoms with E-state index in [4.69, 9.17) is 9.47 Å². The Labute approximate surface area is 157 Å². The number of carbonyl (C=O) groups excluding carboxylic acids is 1.